The van der Waals surface area contributed by atoms with E-state index in [-0.39, 0.29) is 17.7 Å². The number of hydrogen-bond donors (Lipinski definition) is 2. The predicted molar refractivity (Wildman–Crippen MR) is 119 cm³/mol. The Morgan fingerprint density at radius 2 is 1.83 bits per heavy atom. The van der Waals surface area contributed by atoms with Gasteiger partial charge in [0.25, 0.3) is 5.91 Å². The molecule has 0 saturated heterocycles. The number of methoxy groups -OCH3 is 1. The molecule has 0 fully saturated rings. The Bertz CT molecular complexity index is 864. The summed E-state index contributed by atoms with van der Waals surface area (Å²) in [5.41, 5.74) is 1.93. The third-order valence-electron chi connectivity index (χ3n) is 4.83. The standard InChI is InChI=1S/C24H32N2O4/c1-6-7-14-30-21-13-12-18(29-5)15-20(21)25-24(28)22(16(2)3)26-23(27)19-11-9-8-10-17(19)4/h8-13,15-16,22H,6-7,14H2,1-5H3,(H,25,28)(H,26,27). The molecule has 2 rings (SSSR count). The molecule has 6 nitrogen and oxygen atoms in total. The third-order valence-corrected chi connectivity index (χ3v) is 4.83. The Hall–Kier alpha value is -3.02. The summed E-state index contributed by atoms with van der Waals surface area (Å²) in [5, 5.41) is 5.78. The van der Waals surface area contributed by atoms with E-state index in [4.69, 9.17) is 9.47 Å². The Morgan fingerprint density at radius 3 is 2.47 bits per heavy atom. The van der Waals surface area contributed by atoms with E-state index in [2.05, 4.69) is 17.6 Å². The summed E-state index contributed by atoms with van der Waals surface area (Å²) in [6.07, 6.45) is 1.93. The van der Waals surface area contributed by atoms with Crippen molar-refractivity contribution in [3.63, 3.8) is 0 Å². The van der Waals surface area contributed by atoms with Gasteiger partial charge < -0.3 is 20.1 Å². The van der Waals surface area contributed by atoms with Crippen LogP contribution in [0.1, 0.15) is 49.5 Å². The topological polar surface area (TPSA) is 76.7 Å². The normalized spacial score (nSPS) is 11.7. The lowest BCUT2D eigenvalue weighted by atomic mass is 10.0. The van der Waals surface area contributed by atoms with Gasteiger partial charge >= 0.3 is 0 Å². The lowest BCUT2D eigenvalue weighted by molar-refractivity contribution is -0.118. The number of anilines is 1. The Labute approximate surface area is 179 Å². The minimum atomic E-state index is -0.702. The molecule has 2 amide bonds. The van der Waals surface area contributed by atoms with E-state index in [0.717, 1.165) is 18.4 Å². The molecular formula is C24H32N2O4. The SMILES string of the molecule is CCCCOc1ccc(OC)cc1NC(=O)C(NC(=O)c1ccccc1C)C(C)C. The van der Waals surface area contributed by atoms with Crippen molar-refractivity contribution in [2.24, 2.45) is 5.92 Å². The van der Waals surface area contributed by atoms with Crippen LogP contribution < -0.4 is 20.1 Å². The summed E-state index contributed by atoms with van der Waals surface area (Å²) in [6.45, 7) is 8.31. The second-order valence-corrected chi connectivity index (χ2v) is 7.56. The summed E-state index contributed by atoms with van der Waals surface area (Å²) >= 11 is 0. The van der Waals surface area contributed by atoms with Crippen LogP contribution in [0.5, 0.6) is 11.5 Å². The summed E-state index contributed by atoms with van der Waals surface area (Å²) in [4.78, 5) is 25.8. The molecule has 0 aliphatic rings. The lowest BCUT2D eigenvalue weighted by Crippen LogP contribution is -2.47. The van der Waals surface area contributed by atoms with E-state index in [1.54, 1.807) is 31.4 Å². The molecule has 162 valence electrons. The van der Waals surface area contributed by atoms with E-state index in [0.29, 0.717) is 29.4 Å². The molecule has 0 bridgehead atoms. The van der Waals surface area contributed by atoms with Crippen molar-refractivity contribution in [2.45, 2.75) is 46.6 Å². The average molecular weight is 413 g/mol. The van der Waals surface area contributed by atoms with Gasteiger partial charge in [-0.15, -0.1) is 0 Å². The molecule has 0 spiro atoms. The molecule has 2 aromatic rings. The predicted octanol–water partition coefficient (Wildman–Crippen LogP) is 4.58. The maximum absolute atomic E-state index is 13.1. The number of carbonyl (C=O) groups is 2. The fourth-order valence-corrected chi connectivity index (χ4v) is 2.98. The third kappa shape index (κ3) is 6.24. The minimum Gasteiger partial charge on any atom is -0.497 e. The van der Waals surface area contributed by atoms with Crippen LogP contribution in [-0.2, 0) is 4.79 Å². The lowest BCUT2D eigenvalue weighted by Gasteiger charge is -2.23. The Kier molecular flexibility index (Phi) is 8.71. The maximum Gasteiger partial charge on any atom is 0.252 e. The van der Waals surface area contributed by atoms with Crippen molar-refractivity contribution in [1.82, 2.24) is 5.32 Å². The van der Waals surface area contributed by atoms with Gasteiger partial charge in [-0.25, -0.2) is 0 Å². The van der Waals surface area contributed by atoms with Gasteiger partial charge in [0.1, 0.15) is 17.5 Å². The monoisotopic (exact) mass is 412 g/mol. The first-order chi connectivity index (χ1) is 14.4. The number of rotatable bonds is 10. The van der Waals surface area contributed by atoms with Gasteiger partial charge in [0, 0.05) is 11.6 Å². The Balaban J connectivity index is 2.20. The van der Waals surface area contributed by atoms with Crippen LogP contribution in [0.25, 0.3) is 0 Å². The zero-order chi connectivity index (χ0) is 22.1. The minimum absolute atomic E-state index is 0.104. The maximum atomic E-state index is 13.1. The van der Waals surface area contributed by atoms with Gasteiger partial charge in [0.15, 0.2) is 0 Å². The van der Waals surface area contributed by atoms with Gasteiger partial charge in [-0.05, 0) is 43.0 Å². The molecule has 1 unspecified atom stereocenters. The molecule has 2 aromatic carbocycles. The average Bonchev–Trinajstić information content (AvgIpc) is 2.72. The number of ether oxygens (including phenoxy) is 2. The largest absolute Gasteiger partial charge is 0.497 e. The van der Waals surface area contributed by atoms with Crippen LogP contribution in [0.4, 0.5) is 5.69 Å². The highest BCUT2D eigenvalue weighted by molar-refractivity contribution is 6.02. The number of carbonyl (C=O) groups excluding carboxylic acids is 2. The Morgan fingerprint density at radius 1 is 1.10 bits per heavy atom. The fourth-order valence-electron chi connectivity index (χ4n) is 2.98. The number of unbranched alkanes of at least 4 members (excludes halogenated alkanes) is 1. The van der Waals surface area contributed by atoms with Crippen molar-refractivity contribution < 1.29 is 19.1 Å². The number of hydrogen-bond acceptors (Lipinski definition) is 4. The second kappa shape index (κ2) is 11.2. The van der Waals surface area contributed by atoms with Crippen LogP contribution in [0.3, 0.4) is 0 Å². The summed E-state index contributed by atoms with van der Waals surface area (Å²) < 4.78 is 11.1. The van der Waals surface area contributed by atoms with E-state index in [1.165, 1.54) is 0 Å². The van der Waals surface area contributed by atoms with Gasteiger partial charge in [0.05, 0.1) is 19.4 Å². The quantitative estimate of drug-likeness (QED) is 0.560. The van der Waals surface area contributed by atoms with E-state index in [9.17, 15) is 9.59 Å². The first-order valence-electron chi connectivity index (χ1n) is 10.4. The number of aryl methyl sites for hydroxylation is 1. The van der Waals surface area contributed by atoms with Crippen molar-refractivity contribution in [2.75, 3.05) is 19.0 Å². The molecule has 1 atom stereocenters. The molecule has 2 N–H and O–H groups in total. The molecule has 0 aliphatic heterocycles. The van der Waals surface area contributed by atoms with E-state index < -0.39 is 6.04 Å². The molecule has 0 saturated carbocycles. The molecule has 0 aliphatic carbocycles. The summed E-state index contributed by atoms with van der Waals surface area (Å²) in [7, 11) is 1.57. The van der Waals surface area contributed by atoms with Crippen LogP contribution in [-0.4, -0.2) is 31.6 Å². The van der Waals surface area contributed by atoms with Gasteiger partial charge in [0.2, 0.25) is 5.91 Å². The van der Waals surface area contributed by atoms with Crippen LogP contribution in [0, 0.1) is 12.8 Å². The zero-order valence-electron chi connectivity index (χ0n) is 18.5. The number of amides is 2. The first-order valence-corrected chi connectivity index (χ1v) is 10.4. The molecular weight excluding hydrogens is 380 g/mol. The highest BCUT2D eigenvalue weighted by Gasteiger charge is 2.26. The first kappa shape index (κ1) is 23.3. The van der Waals surface area contributed by atoms with Crippen molar-refractivity contribution in [3.8, 4) is 11.5 Å². The summed E-state index contributed by atoms with van der Waals surface area (Å²) in [6, 6.07) is 11.9. The molecule has 0 radical (unpaired) electrons. The smallest absolute Gasteiger partial charge is 0.252 e. The van der Waals surface area contributed by atoms with Crippen molar-refractivity contribution >= 4 is 17.5 Å². The molecule has 0 heterocycles. The number of nitrogens with one attached hydrogen (secondary N) is 2. The van der Waals surface area contributed by atoms with Gasteiger partial charge in [-0.2, -0.15) is 0 Å². The highest BCUT2D eigenvalue weighted by Crippen LogP contribution is 2.30. The summed E-state index contributed by atoms with van der Waals surface area (Å²) in [5.74, 6) is 0.504. The molecule has 6 heteroatoms. The van der Waals surface area contributed by atoms with Gasteiger partial charge in [-0.3, -0.25) is 9.59 Å². The molecule has 30 heavy (non-hydrogen) atoms. The van der Waals surface area contributed by atoms with E-state index in [1.807, 2.05) is 39.0 Å². The molecule has 0 aromatic heterocycles. The van der Waals surface area contributed by atoms with Crippen molar-refractivity contribution in [3.05, 3.63) is 53.6 Å². The van der Waals surface area contributed by atoms with Crippen molar-refractivity contribution in [1.29, 1.82) is 0 Å². The van der Waals surface area contributed by atoms with Gasteiger partial charge in [-0.1, -0.05) is 45.4 Å². The van der Waals surface area contributed by atoms with E-state index >= 15 is 0 Å². The fraction of sp³-hybridized carbons (Fsp3) is 0.417. The van der Waals surface area contributed by atoms with Crippen LogP contribution in [0.15, 0.2) is 42.5 Å². The highest BCUT2D eigenvalue weighted by atomic mass is 16.5. The second-order valence-electron chi connectivity index (χ2n) is 7.56. The van der Waals surface area contributed by atoms with Crippen LogP contribution in [0.2, 0.25) is 0 Å². The number of benzene rings is 2. The van der Waals surface area contributed by atoms with Crippen LogP contribution >= 0.6 is 0 Å². The zero-order valence-corrected chi connectivity index (χ0v) is 18.5.